The maximum absolute atomic E-state index is 13.1. The molecule has 1 aromatic carbocycles. The zero-order valence-corrected chi connectivity index (χ0v) is 17.0. The van der Waals surface area contributed by atoms with Crippen LogP contribution in [0.25, 0.3) is 6.08 Å². The Balaban J connectivity index is 1.78. The van der Waals surface area contributed by atoms with E-state index in [4.69, 9.17) is 4.74 Å². The van der Waals surface area contributed by atoms with Gasteiger partial charge in [-0.2, -0.15) is 0 Å². The Morgan fingerprint density at radius 3 is 2.64 bits per heavy atom. The van der Waals surface area contributed by atoms with Crippen molar-refractivity contribution in [3.63, 3.8) is 0 Å². The number of rotatable bonds is 4. The Labute approximate surface area is 167 Å². The second kappa shape index (κ2) is 7.59. The van der Waals surface area contributed by atoms with E-state index in [1.807, 2.05) is 18.4 Å². The Bertz CT molecular complexity index is 961. The van der Waals surface area contributed by atoms with Gasteiger partial charge in [0.1, 0.15) is 5.54 Å². The minimum absolute atomic E-state index is 0.300. The van der Waals surface area contributed by atoms with Crippen LogP contribution in [0.1, 0.15) is 31.2 Å². The maximum atomic E-state index is 13.1. The van der Waals surface area contributed by atoms with E-state index in [0.29, 0.717) is 11.4 Å². The number of para-hydroxylation sites is 2. The molecule has 28 heavy (non-hydrogen) atoms. The highest BCUT2D eigenvalue weighted by Crippen LogP contribution is 2.37. The summed E-state index contributed by atoms with van der Waals surface area (Å²) < 4.78 is 5.30. The van der Waals surface area contributed by atoms with E-state index in [1.165, 1.54) is 29.2 Å². The number of aryl methyl sites for hydroxylation is 1. The van der Waals surface area contributed by atoms with Crippen LogP contribution < -0.4 is 10.2 Å². The average molecular weight is 398 g/mol. The van der Waals surface area contributed by atoms with Crippen molar-refractivity contribution < 1.29 is 19.1 Å². The number of hydrogen-bond donors (Lipinski definition) is 1. The van der Waals surface area contributed by atoms with Crippen molar-refractivity contribution in [2.24, 2.45) is 0 Å². The van der Waals surface area contributed by atoms with Crippen molar-refractivity contribution in [3.8, 4) is 0 Å². The molecule has 0 saturated carbocycles. The van der Waals surface area contributed by atoms with Crippen LogP contribution in [0.5, 0.6) is 0 Å². The quantitative estimate of drug-likeness (QED) is 0.628. The van der Waals surface area contributed by atoms with Gasteiger partial charge in [0, 0.05) is 11.0 Å². The molecule has 2 amide bonds. The van der Waals surface area contributed by atoms with Gasteiger partial charge in [0.15, 0.2) is 6.10 Å². The molecule has 0 fully saturated rings. The molecule has 2 heterocycles. The molecule has 0 saturated heterocycles. The van der Waals surface area contributed by atoms with Gasteiger partial charge in [-0.1, -0.05) is 12.1 Å². The number of hydrogen-bond acceptors (Lipinski definition) is 5. The normalized spacial score (nSPS) is 16.4. The zero-order valence-electron chi connectivity index (χ0n) is 16.2. The second-order valence-corrected chi connectivity index (χ2v) is 8.03. The summed E-state index contributed by atoms with van der Waals surface area (Å²) in [6.07, 6.45) is 1.94. The molecule has 6 nitrogen and oxygen atoms in total. The van der Waals surface area contributed by atoms with E-state index in [9.17, 15) is 14.4 Å². The largest absolute Gasteiger partial charge is 0.449 e. The van der Waals surface area contributed by atoms with Crippen LogP contribution in [0.3, 0.4) is 0 Å². The van der Waals surface area contributed by atoms with E-state index in [0.717, 1.165) is 10.4 Å². The molecular weight excluding hydrogens is 376 g/mol. The van der Waals surface area contributed by atoms with Crippen molar-refractivity contribution in [2.45, 2.75) is 39.3 Å². The number of benzene rings is 1. The summed E-state index contributed by atoms with van der Waals surface area (Å²) >= 11 is 1.52. The molecule has 0 unspecified atom stereocenters. The number of nitrogens with one attached hydrogen (secondary N) is 1. The number of thiophene rings is 1. The van der Waals surface area contributed by atoms with E-state index < -0.39 is 23.5 Å². The van der Waals surface area contributed by atoms with Crippen molar-refractivity contribution >= 4 is 46.6 Å². The van der Waals surface area contributed by atoms with Crippen molar-refractivity contribution in [3.05, 3.63) is 52.2 Å². The van der Waals surface area contributed by atoms with E-state index in [2.05, 4.69) is 5.32 Å². The number of ether oxygens (including phenoxy) is 1. The Morgan fingerprint density at radius 2 is 1.96 bits per heavy atom. The highest BCUT2D eigenvalue weighted by atomic mass is 32.1. The Kier molecular flexibility index (Phi) is 5.38. The van der Waals surface area contributed by atoms with Crippen LogP contribution in [0.4, 0.5) is 11.4 Å². The first-order chi connectivity index (χ1) is 13.2. The summed E-state index contributed by atoms with van der Waals surface area (Å²) in [4.78, 5) is 40.1. The summed E-state index contributed by atoms with van der Waals surface area (Å²) in [6, 6.07) is 9.01. The fraction of sp³-hybridized carbons (Fsp3) is 0.286. The van der Waals surface area contributed by atoms with Gasteiger partial charge in [0.25, 0.3) is 5.91 Å². The second-order valence-electron chi connectivity index (χ2n) is 7.08. The summed E-state index contributed by atoms with van der Waals surface area (Å²) in [5, 5.41) is 4.74. The molecule has 3 rings (SSSR count). The van der Waals surface area contributed by atoms with Crippen LogP contribution in [-0.4, -0.2) is 29.4 Å². The molecule has 0 aliphatic carbocycles. The molecular formula is C21H22N2O4S. The third-order valence-corrected chi connectivity index (χ3v) is 5.63. The molecule has 7 heteroatoms. The van der Waals surface area contributed by atoms with Crippen LogP contribution >= 0.6 is 11.3 Å². The van der Waals surface area contributed by atoms with E-state index in [-0.39, 0.29) is 5.91 Å². The molecule has 2 aromatic rings. The first-order valence-corrected chi connectivity index (χ1v) is 9.77. The first-order valence-electron chi connectivity index (χ1n) is 8.89. The summed E-state index contributed by atoms with van der Waals surface area (Å²) in [5.41, 5.74) is 1.07. The fourth-order valence-corrected chi connectivity index (χ4v) is 3.81. The predicted octanol–water partition coefficient (Wildman–Crippen LogP) is 3.77. The smallest absolute Gasteiger partial charge is 0.331 e. The van der Waals surface area contributed by atoms with Gasteiger partial charge in [0.2, 0.25) is 5.91 Å². The number of amides is 2. The predicted molar refractivity (Wildman–Crippen MR) is 110 cm³/mol. The third kappa shape index (κ3) is 3.71. The minimum Gasteiger partial charge on any atom is -0.449 e. The molecule has 1 N–H and O–H groups in total. The molecule has 0 radical (unpaired) electrons. The van der Waals surface area contributed by atoms with Gasteiger partial charge in [-0.25, -0.2) is 4.79 Å². The molecule has 0 spiro atoms. The topological polar surface area (TPSA) is 75.7 Å². The van der Waals surface area contributed by atoms with Crippen molar-refractivity contribution in [2.75, 3.05) is 10.2 Å². The highest BCUT2D eigenvalue weighted by Gasteiger charge is 2.45. The third-order valence-electron chi connectivity index (χ3n) is 4.64. The lowest BCUT2D eigenvalue weighted by molar-refractivity contribution is -0.149. The van der Waals surface area contributed by atoms with Crippen molar-refractivity contribution in [1.82, 2.24) is 0 Å². The van der Waals surface area contributed by atoms with Crippen LogP contribution in [-0.2, 0) is 19.1 Å². The number of carbonyl (C=O) groups excluding carboxylic acids is 3. The van der Waals surface area contributed by atoms with E-state index >= 15 is 0 Å². The highest BCUT2D eigenvalue weighted by molar-refractivity contribution is 7.11. The van der Waals surface area contributed by atoms with Gasteiger partial charge >= 0.3 is 5.97 Å². The lowest BCUT2D eigenvalue weighted by Gasteiger charge is -2.42. The number of esters is 1. The van der Waals surface area contributed by atoms with Gasteiger partial charge in [-0.05, 0) is 62.9 Å². The van der Waals surface area contributed by atoms with Gasteiger partial charge in [-0.15, -0.1) is 11.3 Å². The molecule has 1 aromatic heterocycles. The molecule has 0 bridgehead atoms. The number of anilines is 2. The SMILES string of the molecule is Cc1ccsc1/C=C/C(=O)O[C@@H](C)C(=O)N1c2ccccc2NC(=O)C1(C)C. The zero-order chi connectivity index (χ0) is 20.5. The van der Waals surface area contributed by atoms with Gasteiger partial charge < -0.3 is 10.1 Å². The number of nitrogens with zero attached hydrogens (tertiary/aromatic N) is 1. The lowest BCUT2D eigenvalue weighted by Crippen LogP contribution is -2.60. The molecule has 1 aliphatic heterocycles. The Hall–Kier alpha value is -2.93. The Morgan fingerprint density at radius 1 is 1.25 bits per heavy atom. The van der Waals surface area contributed by atoms with E-state index in [1.54, 1.807) is 44.2 Å². The monoisotopic (exact) mass is 398 g/mol. The molecule has 146 valence electrons. The molecule has 1 atom stereocenters. The summed E-state index contributed by atoms with van der Waals surface area (Å²) in [6.45, 7) is 6.78. The standard InChI is InChI=1S/C21H22N2O4S/c1-13-11-12-28-17(13)9-10-18(24)27-14(2)19(25)23-16-8-6-5-7-15(16)22-20(26)21(23,3)4/h5-12,14H,1-4H3,(H,22,26)/b10-9+/t14-/m0/s1. The summed E-state index contributed by atoms with van der Waals surface area (Å²) in [7, 11) is 0. The number of fused-ring (bicyclic) bond motifs is 1. The van der Waals surface area contributed by atoms with Crippen molar-refractivity contribution in [1.29, 1.82) is 0 Å². The molecule has 1 aliphatic rings. The van der Waals surface area contributed by atoms with Crippen LogP contribution in [0.2, 0.25) is 0 Å². The maximum Gasteiger partial charge on any atom is 0.331 e. The van der Waals surface area contributed by atoms with Crippen LogP contribution in [0, 0.1) is 6.92 Å². The number of carbonyl (C=O) groups is 3. The first kappa shape index (κ1) is 19.8. The van der Waals surface area contributed by atoms with Gasteiger partial charge in [-0.3, -0.25) is 14.5 Å². The minimum atomic E-state index is -1.12. The average Bonchev–Trinajstić information content (AvgIpc) is 3.05. The van der Waals surface area contributed by atoms with Crippen LogP contribution in [0.15, 0.2) is 41.8 Å². The summed E-state index contributed by atoms with van der Waals surface area (Å²) in [5.74, 6) is -1.37. The lowest BCUT2D eigenvalue weighted by atomic mass is 9.95. The fourth-order valence-electron chi connectivity index (χ4n) is 2.99. The van der Waals surface area contributed by atoms with Gasteiger partial charge in [0.05, 0.1) is 11.4 Å².